The lowest BCUT2D eigenvalue weighted by Crippen LogP contribution is -2.19. The molecule has 7 nitrogen and oxygen atoms in total. The second-order valence-electron chi connectivity index (χ2n) is 6.43. The normalized spacial score (nSPS) is 10.0. The van der Waals surface area contributed by atoms with E-state index in [4.69, 9.17) is 18.9 Å². The Morgan fingerprint density at radius 2 is 1.55 bits per heavy atom. The van der Waals surface area contributed by atoms with Crippen LogP contribution in [0.2, 0.25) is 0 Å². The van der Waals surface area contributed by atoms with Crippen LogP contribution in [-0.2, 0) is 25.7 Å². The first-order valence-corrected chi connectivity index (χ1v) is 10.3. The molecule has 0 saturated heterocycles. The fourth-order valence-corrected chi connectivity index (χ4v) is 2.55. The molecule has 31 heavy (non-hydrogen) atoms. The molecule has 2 aromatic carbocycles. The van der Waals surface area contributed by atoms with Crippen LogP contribution in [-0.4, -0.2) is 31.8 Å². The largest absolute Gasteiger partial charge is 0.490 e. The van der Waals surface area contributed by atoms with Gasteiger partial charge in [-0.25, -0.2) is 9.59 Å². The van der Waals surface area contributed by atoms with E-state index in [0.717, 1.165) is 12.0 Å². The number of esters is 2. The summed E-state index contributed by atoms with van der Waals surface area (Å²) in [6.45, 7) is 6.59. The zero-order valence-electron chi connectivity index (χ0n) is 18.2. The van der Waals surface area contributed by atoms with Gasteiger partial charge in [-0.15, -0.1) is 0 Å². The quantitative estimate of drug-likeness (QED) is 0.231. The third-order valence-corrected chi connectivity index (χ3v) is 4.02. The van der Waals surface area contributed by atoms with Crippen LogP contribution >= 0.6 is 0 Å². The lowest BCUT2D eigenvalue weighted by atomic mass is 10.2. The van der Waals surface area contributed by atoms with Gasteiger partial charge in [0.1, 0.15) is 6.61 Å². The number of nitrogens with one attached hydrogen (secondary N) is 1. The molecule has 1 N–H and O–H groups in total. The molecule has 0 amide bonds. The van der Waals surface area contributed by atoms with E-state index in [-0.39, 0.29) is 18.8 Å². The van der Waals surface area contributed by atoms with Gasteiger partial charge in [0.05, 0.1) is 19.8 Å². The Morgan fingerprint density at radius 3 is 2.16 bits per heavy atom. The molecule has 0 aromatic heterocycles. The van der Waals surface area contributed by atoms with Crippen LogP contribution in [0.15, 0.2) is 60.3 Å². The van der Waals surface area contributed by atoms with E-state index in [1.54, 1.807) is 32.0 Å². The molecule has 0 saturated carbocycles. The van der Waals surface area contributed by atoms with Crippen molar-refractivity contribution in [1.82, 2.24) is 0 Å². The van der Waals surface area contributed by atoms with Crippen LogP contribution in [0.3, 0.4) is 0 Å². The highest BCUT2D eigenvalue weighted by atomic mass is 16.6. The number of hydrogen-bond acceptors (Lipinski definition) is 7. The van der Waals surface area contributed by atoms with Crippen LogP contribution in [0, 0.1) is 0 Å². The topological polar surface area (TPSA) is 83.1 Å². The van der Waals surface area contributed by atoms with E-state index in [1.807, 2.05) is 37.3 Å². The molecular formula is C24H29NO6. The first-order chi connectivity index (χ1) is 15.1. The Balaban J connectivity index is 2.22. The third-order valence-electron chi connectivity index (χ3n) is 4.02. The molecule has 0 aliphatic heterocycles. The van der Waals surface area contributed by atoms with Gasteiger partial charge in [0.25, 0.3) is 0 Å². The number of carbonyl (C=O) groups is 2. The Hall–Kier alpha value is -3.48. The summed E-state index contributed by atoms with van der Waals surface area (Å²) in [5.41, 5.74) is 1.41. The lowest BCUT2D eigenvalue weighted by Gasteiger charge is -2.14. The Morgan fingerprint density at radius 1 is 0.871 bits per heavy atom. The van der Waals surface area contributed by atoms with Crippen molar-refractivity contribution in [1.29, 1.82) is 0 Å². The average molecular weight is 427 g/mol. The van der Waals surface area contributed by atoms with Crippen molar-refractivity contribution in [2.75, 3.05) is 25.1 Å². The van der Waals surface area contributed by atoms with Crippen LogP contribution in [0.4, 0.5) is 5.69 Å². The predicted molar refractivity (Wildman–Crippen MR) is 118 cm³/mol. The number of benzene rings is 2. The van der Waals surface area contributed by atoms with E-state index in [0.29, 0.717) is 30.4 Å². The van der Waals surface area contributed by atoms with E-state index in [1.165, 1.54) is 6.20 Å². The molecule has 0 aliphatic carbocycles. The van der Waals surface area contributed by atoms with E-state index >= 15 is 0 Å². The zero-order chi connectivity index (χ0) is 22.5. The molecule has 0 unspecified atom stereocenters. The Bertz CT molecular complexity index is 859. The summed E-state index contributed by atoms with van der Waals surface area (Å²) < 4.78 is 21.6. The summed E-state index contributed by atoms with van der Waals surface area (Å²) in [5.74, 6) is -0.346. The number of rotatable bonds is 12. The molecule has 0 atom stereocenters. The Kier molecular flexibility index (Phi) is 9.94. The van der Waals surface area contributed by atoms with Crippen molar-refractivity contribution in [3.8, 4) is 11.5 Å². The van der Waals surface area contributed by atoms with Crippen molar-refractivity contribution in [2.45, 2.75) is 33.8 Å². The van der Waals surface area contributed by atoms with E-state index < -0.39 is 11.9 Å². The van der Waals surface area contributed by atoms with Crippen molar-refractivity contribution in [3.05, 3.63) is 65.9 Å². The van der Waals surface area contributed by atoms with Gasteiger partial charge >= 0.3 is 11.9 Å². The maximum atomic E-state index is 12.1. The number of hydrogen-bond donors (Lipinski definition) is 1. The van der Waals surface area contributed by atoms with Crippen LogP contribution in [0.25, 0.3) is 0 Å². The van der Waals surface area contributed by atoms with Gasteiger partial charge in [-0.2, -0.15) is 0 Å². The minimum absolute atomic E-state index is 0.149. The standard InChI is InChI=1S/C24H29NO6/c1-4-14-30-21-13-12-19(15-22(21)31-17-18-10-8-7-9-11-18)25-16-20(23(26)28-5-2)24(27)29-6-3/h7-13,15-16,25H,4-6,14,17H2,1-3H3. The van der Waals surface area contributed by atoms with Crippen molar-refractivity contribution >= 4 is 17.6 Å². The van der Waals surface area contributed by atoms with Gasteiger partial charge in [0, 0.05) is 18.0 Å². The molecule has 0 fully saturated rings. The fourth-order valence-electron chi connectivity index (χ4n) is 2.55. The SMILES string of the molecule is CCCOc1ccc(NC=C(C(=O)OCC)C(=O)OCC)cc1OCc1ccccc1. The summed E-state index contributed by atoms with van der Waals surface area (Å²) in [6.07, 6.45) is 2.14. The number of ether oxygens (including phenoxy) is 4. The fraction of sp³-hybridized carbons (Fsp3) is 0.333. The average Bonchev–Trinajstić information content (AvgIpc) is 2.78. The molecule has 7 heteroatoms. The van der Waals surface area contributed by atoms with E-state index in [9.17, 15) is 9.59 Å². The maximum Gasteiger partial charge on any atom is 0.347 e. The van der Waals surface area contributed by atoms with Gasteiger partial charge in [-0.05, 0) is 38.0 Å². The molecule has 166 valence electrons. The van der Waals surface area contributed by atoms with Gasteiger partial charge < -0.3 is 24.3 Å². The number of anilines is 1. The molecule has 2 rings (SSSR count). The van der Waals surface area contributed by atoms with Crippen molar-refractivity contribution in [2.24, 2.45) is 0 Å². The second kappa shape index (κ2) is 13.0. The molecule has 0 bridgehead atoms. The monoisotopic (exact) mass is 427 g/mol. The van der Waals surface area contributed by atoms with Crippen molar-refractivity contribution < 1.29 is 28.5 Å². The second-order valence-corrected chi connectivity index (χ2v) is 6.43. The lowest BCUT2D eigenvalue weighted by molar-refractivity contribution is -0.146. The van der Waals surface area contributed by atoms with Crippen molar-refractivity contribution in [3.63, 3.8) is 0 Å². The molecule has 2 aromatic rings. The molecule has 0 spiro atoms. The minimum Gasteiger partial charge on any atom is -0.490 e. The van der Waals surface area contributed by atoms with Crippen LogP contribution in [0.5, 0.6) is 11.5 Å². The smallest absolute Gasteiger partial charge is 0.347 e. The molecular weight excluding hydrogens is 398 g/mol. The summed E-state index contributed by atoms with van der Waals surface area (Å²) in [6, 6.07) is 15.1. The zero-order valence-corrected chi connectivity index (χ0v) is 18.2. The Labute approximate surface area is 183 Å². The highest BCUT2D eigenvalue weighted by molar-refractivity contribution is 6.14. The maximum absolute atomic E-state index is 12.1. The first kappa shape index (κ1) is 23.8. The first-order valence-electron chi connectivity index (χ1n) is 10.3. The van der Waals surface area contributed by atoms with Gasteiger partial charge in [-0.1, -0.05) is 37.3 Å². The van der Waals surface area contributed by atoms with E-state index in [2.05, 4.69) is 5.32 Å². The molecule has 0 radical (unpaired) electrons. The van der Waals surface area contributed by atoms with Gasteiger partial charge in [0.2, 0.25) is 0 Å². The summed E-state index contributed by atoms with van der Waals surface area (Å²) >= 11 is 0. The summed E-state index contributed by atoms with van der Waals surface area (Å²) in [4.78, 5) is 24.2. The highest BCUT2D eigenvalue weighted by Gasteiger charge is 2.21. The summed E-state index contributed by atoms with van der Waals surface area (Å²) in [5, 5.41) is 2.95. The summed E-state index contributed by atoms with van der Waals surface area (Å²) in [7, 11) is 0. The van der Waals surface area contributed by atoms with Crippen LogP contribution < -0.4 is 14.8 Å². The van der Waals surface area contributed by atoms with Crippen LogP contribution in [0.1, 0.15) is 32.8 Å². The highest BCUT2D eigenvalue weighted by Crippen LogP contribution is 2.31. The predicted octanol–water partition coefficient (Wildman–Crippen LogP) is 4.48. The number of carbonyl (C=O) groups excluding carboxylic acids is 2. The minimum atomic E-state index is -0.753. The molecule has 0 heterocycles. The third kappa shape index (κ3) is 7.70. The van der Waals surface area contributed by atoms with Gasteiger partial charge in [0.15, 0.2) is 17.1 Å². The molecule has 0 aliphatic rings. The van der Waals surface area contributed by atoms with Gasteiger partial charge in [-0.3, -0.25) is 0 Å².